The first kappa shape index (κ1) is 12.3. The molecule has 0 saturated carbocycles. The fourth-order valence-electron chi connectivity index (χ4n) is 1.51. The summed E-state index contributed by atoms with van der Waals surface area (Å²) >= 11 is 0. The summed E-state index contributed by atoms with van der Waals surface area (Å²) < 4.78 is 36.1. The molecule has 88 valence electrons. The summed E-state index contributed by atoms with van der Waals surface area (Å²) in [6, 6.07) is -0.188. The monoisotopic (exact) mass is 226 g/mol. The number of nitrogens with one attached hydrogen (secondary N) is 1. The van der Waals surface area contributed by atoms with Gasteiger partial charge in [-0.1, -0.05) is 0 Å². The van der Waals surface area contributed by atoms with Crippen LogP contribution in [0.5, 0.6) is 0 Å². The van der Waals surface area contributed by atoms with Crippen molar-refractivity contribution in [2.75, 3.05) is 19.6 Å². The normalized spacial score (nSPS) is 26.2. The number of carbonyl (C=O) groups is 1. The van der Waals surface area contributed by atoms with E-state index in [4.69, 9.17) is 5.11 Å². The molecular weight excluding hydrogens is 213 g/mol. The van der Waals surface area contributed by atoms with Gasteiger partial charge in [-0.3, -0.25) is 9.69 Å². The van der Waals surface area contributed by atoms with Crippen LogP contribution in [-0.4, -0.2) is 53.9 Å². The third-order valence-corrected chi connectivity index (χ3v) is 2.12. The van der Waals surface area contributed by atoms with Gasteiger partial charge in [0.1, 0.15) is 0 Å². The maximum atomic E-state index is 12.0. The van der Waals surface area contributed by atoms with Crippen molar-refractivity contribution in [1.29, 1.82) is 0 Å². The van der Waals surface area contributed by atoms with Crippen LogP contribution in [0.4, 0.5) is 13.2 Å². The number of nitrogens with zero attached hydrogens (tertiary/aromatic N) is 1. The highest BCUT2D eigenvalue weighted by Crippen LogP contribution is 2.21. The van der Waals surface area contributed by atoms with E-state index in [-0.39, 0.29) is 18.5 Å². The fourth-order valence-corrected chi connectivity index (χ4v) is 1.51. The molecule has 1 aliphatic rings. The molecule has 15 heavy (non-hydrogen) atoms. The summed E-state index contributed by atoms with van der Waals surface area (Å²) in [4.78, 5) is 12.3. The molecule has 7 heteroatoms. The Morgan fingerprint density at radius 3 is 2.73 bits per heavy atom. The molecule has 1 amide bonds. The Kier molecular flexibility index (Phi) is 3.56. The Balaban J connectivity index is 2.48. The largest absolute Gasteiger partial charge is 0.415 e. The van der Waals surface area contributed by atoms with Gasteiger partial charge in [-0.15, -0.1) is 0 Å². The molecule has 1 rings (SSSR count). The SMILES string of the molecule is CC1CN(CC(O)C(F)(F)F)CC(=O)N1. The number of hydrogen-bond acceptors (Lipinski definition) is 3. The Labute approximate surface area is 85.1 Å². The number of amides is 1. The molecule has 2 unspecified atom stereocenters. The van der Waals surface area contributed by atoms with Crippen molar-refractivity contribution in [2.45, 2.75) is 25.2 Å². The minimum absolute atomic E-state index is 0.0997. The molecule has 1 fully saturated rings. The Morgan fingerprint density at radius 2 is 2.27 bits per heavy atom. The van der Waals surface area contributed by atoms with Gasteiger partial charge in [0, 0.05) is 19.1 Å². The van der Waals surface area contributed by atoms with Gasteiger partial charge in [-0.25, -0.2) is 0 Å². The van der Waals surface area contributed by atoms with E-state index in [1.54, 1.807) is 6.92 Å². The number of halogens is 3. The van der Waals surface area contributed by atoms with Gasteiger partial charge in [0.15, 0.2) is 6.10 Å². The summed E-state index contributed by atoms with van der Waals surface area (Å²) in [7, 11) is 0. The minimum Gasteiger partial charge on any atom is -0.382 e. The maximum Gasteiger partial charge on any atom is 0.415 e. The molecule has 0 aliphatic carbocycles. The first-order valence-corrected chi connectivity index (χ1v) is 4.55. The highest BCUT2D eigenvalue weighted by Gasteiger charge is 2.40. The van der Waals surface area contributed by atoms with E-state index in [1.165, 1.54) is 4.90 Å². The molecule has 2 atom stereocenters. The zero-order valence-electron chi connectivity index (χ0n) is 8.21. The third kappa shape index (κ3) is 3.67. The van der Waals surface area contributed by atoms with Gasteiger partial charge >= 0.3 is 6.18 Å². The lowest BCUT2D eigenvalue weighted by molar-refractivity contribution is -0.208. The number of piperazine rings is 1. The highest BCUT2D eigenvalue weighted by atomic mass is 19.4. The number of rotatable bonds is 2. The second-order valence-corrected chi connectivity index (χ2v) is 3.72. The lowest BCUT2D eigenvalue weighted by atomic mass is 10.2. The molecule has 0 aromatic carbocycles. The first-order valence-electron chi connectivity index (χ1n) is 4.55. The van der Waals surface area contributed by atoms with Gasteiger partial charge in [-0.05, 0) is 6.92 Å². The highest BCUT2D eigenvalue weighted by molar-refractivity contribution is 5.79. The summed E-state index contributed by atoms with van der Waals surface area (Å²) in [6.07, 6.45) is -7.02. The number of aliphatic hydroxyl groups is 1. The third-order valence-electron chi connectivity index (χ3n) is 2.12. The number of hydrogen-bond donors (Lipinski definition) is 2. The average molecular weight is 226 g/mol. The maximum absolute atomic E-state index is 12.0. The summed E-state index contributed by atoms with van der Waals surface area (Å²) in [5, 5.41) is 11.4. The van der Waals surface area contributed by atoms with Gasteiger partial charge in [0.2, 0.25) is 5.91 Å². The van der Waals surface area contributed by atoms with E-state index in [9.17, 15) is 18.0 Å². The molecule has 4 nitrogen and oxygen atoms in total. The summed E-state index contributed by atoms with van der Waals surface area (Å²) in [5.41, 5.74) is 0. The van der Waals surface area contributed by atoms with E-state index in [2.05, 4.69) is 5.32 Å². The molecule has 0 spiro atoms. The molecule has 1 saturated heterocycles. The lowest BCUT2D eigenvalue weighted by Gasteiger charge is -2.32. The fraction of sp³-hybridized carbons (Fsp3) is 0.875. The van der Waals surface area contributed by atoms with E-state index >= 15 is 0 Å². The van der Waals surface area contributed by atoms with Crippen molar-refractivity contribution in [1.82, 2.24) is 10.2 Å². The first-order chi connectivity index (χ1) is 6.79. The lowest BCUT2D eigenvalue weighted by Crippen LogP contribution is -2.55. The molecule has 0 radical (unpaired) electrons. The van der Waals surface area contributed by atoms with Crippen molar-refractivity contribution in [3.05, 3.63) is 0 Å². The van der Waals surface area contributed by atoms with Crippen LogP contribution in [0.2, 0.25) is 0 Å². The van der Waals surface area contributed by atoms with Crippen molar-refractivity contribution in [3.8, 4) is 0 Å². The molecule has 1 heterocycles. The molecule has 2 N–H and O–H groups in total. The second-order valence-electron chi connectivity index (χ2n) is 3.72. The van der Waals surface area contributed by atoms with Gasteiger partial charge in [0.05, 0.1) is 6.54 Å². The molecule has 1 aliphatic heterocycles. The van der Waals surface area contributed by atoms with Crippen molar-refractivity contribution < 1.29 is 23.1 Å². The van der Waals surface area contributed by atoms with E-state index < -0.39 is 18.8 Å². The van der Waals surface area contributed by atoms with Crippen molar-refractivity contribution in [3.63, 3.8) is 0 Å². The zero-order chi connectivity index (χ0) is 11.6. The van der Waals surface area contributed by atoms with Gasteiger partial charge in [0.25, 0.3) is 0 Å². The zero-order valence-corrected chi connectivity index (χ0v) is 8.21. The second kappa shape index (κ2) is 4.36. The molecular formula is C8H13F3N2O2. The van der Waals surface area contributed by atoms with E-state index in [1.807, 2.05) is 0 Å². The smallest absolute Gasteiger partial charge is 0.382 e. The standard InChI is InChI=1S/C8H13F3N2O2/c1-5-2-13(4-7(15)12-5)3-6(14)8(9,10)11/h5-6,14H,2-4H2,1H3,(H,12,15). The molecule has 0 bridgehead atoms. The van der Waals surface area contributed by atoms with Crippen LogP contribution in [0, 0.1) is 0 Å². The van der Waals surface area contributed by atoms with Gasteiger partial charge < -0.3 is 10.4 Å². The topological polar surface area (TPSA) is 52.6 Å². The van der Waals surface area contributed by atoms with E-state index in [0.717, 1.165) is 0 Å². The Morgan fingerprint density at radius 1 is 1.67 bits per heavy atom. The number of carbonyl (C=O) groups excluding carboxylic acids is 1. The van der Waals surface area contributed by atoms with Crippen molar-refractivity contribution in [2.24, 2.45) is 0 Å². The predicted molar refractivity (Wildman–Crippen MR) is 46.1 cm³/mol. The van der Waals surface area contributed by atoms with Crippen LogP contribution in [0.1, 0.15) is 6.92 Å². The number of alkyl halides is 3. The van der Waals surface area contributed by atoms with Crippen LogP contribution < -0.4 is 5.32 Å². The average Bonchev–Trinajstić information content (AvgIpc) is 1.99. The minimum atomic E-state index is -4.63. The number of β-amino-alcohol motifs (C(OH)–C–C–N with tert-alkyl or cyclic N) is 1. The summed E-state index contributed by atoms with van der Waals surface area (Å²) in [5.74, 6) is -0.317. The molecule has 0 aromatic heterocycles. The number of aliphatic hydroxyl groups excluding tert-OH is 1. The summed E-state index contributed by atoms with van der Waals surface area (Å²) in [6.45, 7) is 1.36. The van der Waals surface area contributed by atoms with E-state index in [0.29, 0.717) is 6.54 Å². The van der Waals surface area contributed by atoms with Crippen LogP contribution in [0.3, 0.4) is 0 Å². The quantitative estimate of drug-likeness (QED) is 0.681. The Hall–Kier alpha value is -0.820. The van der Waals surface area contributed by atoms with Crippen LogP contribution >= 0.6 is 0 Å². The Bertz CT molecular complexity index is 245. The van der Waals surface area contributed by atoms with Gasteiger partial charge in [-0.2, -0.15) is 13.2 Å². The van der Waals surface area contributed by atoms with Crippen LogP contribution in [-0.2, 0) is 4.79 Å². The molecule has 0 aromatic rings. The van der Waals surface area contributed by atoms with Crippen molar-refractivity contribution >= 4 is 5.91 Å². The predicted octanol–water partition coefficient (Wildman–Crippen LogP) is -0.270. The van der Waals surface area contributed by atoms with Crippen LogP contribution in [0.15, 0.2) is 0 Å². The van der Waals surface area contributed by atoms with Crippen LogP contribution in [0.25, 0.3) is 0 Å².